The van der Waals surface area contributed by atoms with Crippen LogP contribution in [0.5, 0.6) is 0 Å². The molecular weight excluding hydrogens is 774 g/mol. The third-order valence-corrected chi connectivity index (χ3v) is 6.11. The predicted molar refractivity (Wildman–Crippen MR) is 167 cm³/mol. The molecule has 9 N–H and O–H groups in total. The van der Waals surface area contributed by atoms with Crippen molar-refractivity contribution in [3.63, 3.8) is 0 Å². The predicted octanol–water partition coefficient (Wildman–Crippen LogP) is 7.08. The highest BCUT2D eigenvalue weighted by molar-refractivity contribution is 7.81. The topological polar surface area (TPSA) is 240 Å². The van der Waals surface area contributed by atoms with Crippen LogP contribution in [0.25, 0.3) is 0 Å². The third-order valence-electron chi connectivity index (χ3n) is 5.29. The fourth-order valence-electron chi connectivity index (χ4n) is 2.89. The Morgan fingerprint density at radius 1 is 0.490 bits per heavy atom. The second-order valence-corrected chi connectivity index (χ2v) is 13.7. The summed E-state index contributed by atoms with van der Waals surface area (Å²) in [6.45, 7) is -5.08. The summed E-state index contributed by atoms with van der Waals surface area (Å²) in [5, 5.41) is 0. The van der Waals surface area contributed by atoms with Gasteiger partial charge in [0.1, 0.15) is 13.2 Å². The van der Waals surface area contributed by atoms with E-state index in [9.17, 15) is 65.3 Å². The van der Waals surface area contributed by atoms with Crippen molar-refractivity contribution in [3.8, 4) is 0 Å². The molecule has 0 aromatic heterocycles. The van der Waals surface area contributed by atoms with Gasteiger partial charge in [0.25, 0.3) is 0 Å². The molecule has 0 saturated heterocycles. The van der Waals surface area contributed by atoms with E-state index in [1.165, 1.54) is 13.8 Å². The molecule has 0 bridgehead atoms. The van der Waals surface area contributed by atoms with Gasteiger partial charge < -0.3 is 35.8 Å². The maximum Gasteiger partial charge on any atom is 0.455 e. The number of quaternary nitrogens is 2. The van der Waals surface area contributed by atoms with Crippen LogP contribution in [-0.4, -0.2) is 116 Å². The second-order valence-electron chi connectivity index (χ2n) is 11.5. The SMILES string of the molecule is C.C.C.C.CC(C)(COCC(C)(COCC(F)(F)C(F)(F)F)COS(=O)(=O)[O-])COCC(C)(COCC(F)(F)C(F)(F)F)COS(=O)(=O)O.[NH4+].[NH4+]. The largest absolute Gasteiger partial charge is 0.726 e. The van der Waals surface area contributed by atoms with E-state index in [4.69, 9.17) is 14.0 Å². The summed E-state index contributed by atoms with van der Waals surface area (Å²) in [4.78, 5) is 0. The average Bonchev–Trinajstić information content (AvgIpc) is 2.79. The van der Waals surface area contributed by atoms with Gasteiger partial charge in [-0.3, -0.25) is 8.74 Å². The monoisotopic (exact) mass is 831 g/mol. The summed E-state index contributed by atoms with van der Waals surface area (Å²) in [5.74, 6) is -10.5. The summed E-state index contributed by atoms with van der Waals surface area (Å²) >= 11 is 0. The van der Waals surface area contributed by atoms with Crippen LogP contribution >= 0.6 is 0 Å². The molecule has 0 saturated carbocycles. The Kier molecular flexibility index (Phi) is 29.9. The fraction of sp³-hybridized carbons (Fsp3) is 1.00. The standard InChI is InChI=1S/C21H34F10O12S2.4CH4.2H3N/c1-15(2,5-38-7-16(3,11-42-44(32,33)34)9-40-13-18(22,23)20(26,27)28)6-39-8-17(4,12-43-45(35,36)37)10-41-14-19(24,25)21(29,30)31;;;;;;/h5-14H2,1-4H3,(H,32,33,34)(H,35,36,37);4*1H4;2*1H3/p+1. The first-order valence-corrected chi connectivity index (χ1v) is 14.9. The van der Waals surface area contributed by atoms with Crippen LogP contribution in [0.1, 0.15) is 57.4 Å². The molecule has 0 aromatic carbocycles. The summed E-state index contributed by atoms with van der Waals surface area (Å²) in [6.07, 6.45) is -11.9. The maximum atomic E-state index is 13.2. The lowest BCUT2D eigenvalue weighted by Gasteiger charge is -2.33. The zero-order valence-corrected chi connectivity index (χ0v) is 27.7. The smallest absolute Gasteiger partial charge is 0.455 e. The molecule has 0 radical (unpaired) electrons. The van der Waals surface area contributed by atoms with E-state index in [2.05, 4.69) is 17.8 Å². The van der Waals surface area contributed by atoms with Crippen molar-refractivity contribution in [2.24, 2.45) is 16.2 Å². The third kappa shape index (κ3) is 27.1. The highest BCUT2D eigenvalue weighted by Gasteiger charge is 2.58. The second kappa shape index (κ2) is 23.6. The van der Waals surface area contributed by atoms with Crippen molar-refractivity contribution in [2.75, 3.05) is 66.1 Å². The van der Waals surface area contributed by atoms with Crippen LogP contribution in [0.2, 0.25) is 0 Å². The van der Waals surface area contributed by atoms with Crippen LogP contribution in [0.15, 0.2) is 0 Å². The normalized spacial score (nSPS) is 15.2. The van der Waals surface area contributed by atoms with Crippen molar-refractivity contribution in [1.82, 2.24) is 12.3 Å². The minimum absolute atomic E-state index is 0. The Labute approximate surface area is 294 Å². The van der Waals surface area contributed by atoms with Gasteiger partial charge in [0.2, 0.25) is 10.4 Å². The van der Waals surface area contributed by atoms with Crippen LogP contribution in [-0.2, 0) is 48.1 Å². The molecule has 0 heterocycles. The molecule has 0 spiro atoms. The highest BCUT2D eigenvalue weighted by Crippen LogP contribution is 2.37. The van der Waals surface area contributed by atoms with Crippen LogP contribution in [0.4, 0.5) is 43.9 Å². The Bertz CT molecular complexity index is 1060. The molecule has 0 fully saturated rings. The lowest BCUT2D eigenvalue weighted by atomic mass is 9.92. The van der Waals surface area contributed by atoms with Gasteiger partial charge in [0.15, 0.2) is 0 Å². The molecule has 14 nitrogen and oxygen atoms in total. The fourth-order valence-corrected chi connectivity index (χ4v) is 3.75. The molecule has 26 heteroatoms. The molecule has 2 unspecified atom stereocenters. The number of rotatable bonds is 22. The lowest BCUT2D eigenvalue weighted by molar-refractivity contribution is -0.298. The molecule has 51 heavy (non-hydrogen) atoms. The van der Waals surface area contributed by atoms with E-state index in [1.54, 1.807) is 0 Å². The molecule has 0 amide bonds. The summed E-state index contributed by atoms with van der Waals surface area (Å²) < 4.78 is 218. The van der Waals surface area contributed by atoms with E-state index in [-0.39, 0.29) is 55.2 Å². The quantitative estimate of drug-likeness (QED) is 0.0563. The van der Waals surface area contributed by atoms with Gasteiger partial charge in [-0.25, -0.2) is 12.6 Å². The zero-order valence-electron chi connectivity index (χ0n) is 26.1. The van der Waals surface area contributed by atoms with E-state index < -0.39 is 114 Å². The van der Waals surface area contributed by atoms with Gasteiger partial charge in [-0.05, 0) is 0 Å². The van der Waals surface area contributed by atoms with Crippen LogP contribution in [0, 0.1) is 16.2 Å². The van der Waals surface area contributed by atoms with Gasteiger partial charge in [0, 0.05) is 16.2 Å². The summed E-state index contributed by atoms with van der Waals surface area (Å²) in [5.41, 5.74) is -4.55. The van der Waals surface area contributed by atoms with E-state index >= 15 is 0 Å². The molecule has 0 aliphatic heterocycles. The molecule has 0 rings (SSSR count). The first-order chi connectivity index (χ1) is 19.7. The van der Waals surface area contributed by atoms with Crippen LogP contribution in [0.3, 0.4) is 0 Å². The molecular formula is C25H57F10N2O12S2+. The van der Waals surface area contributed by atoms with Crippen molar-refractivity contribution in [3.05, 3.63) is 0 Å². The Balaban J connectivity index is -0.000000645. The number of ether oxygens (including phenoxy) is 4. The zero-order chi connectivity index (χ0) is 35.8. The van der Waals surface area contributed by atoms with Gasteiger partial charge in [-0.15, -0.1) is 0 Å². The van der Waals surface area contributed by atoms with E-state index in [1.807, 2.05) is 0 Å². The number of alkyl halides is 10. The number of halogens is 10. The Hall–Kier alpha value is -1.20. The lowest BCUT2D eigenvalue weighted by Crippen LogP contribution is -2.43. The maximum absolute atomic E-state index is 13.2. The highest BCUT2D eigenvalue weighted by atomic mass is 32.3. The van der Waals surface area contributed by atoms with Crippen molar-refractivity contribution in [1.29, 1.82) is 0 Å². The molecule has 0 aliphatic carbocycles. The van der Waals surface area contributed by atoms with Crippen molar-refractivity contribution < 1.29 is 97.2 Å². The minimum atomic E-state index is -5.95. The van der Waals surface area contributed by atoms with E-state index in [0.29, 0.717) is 0 Å². The van der Waals surface area contributed by atoms with Gasteiger partial charge in [0.05, 0.1) is 52.9 Å². The van der Waals surface area contributed by atoms with Gasteiger partial charge >= 0.3 is 34.6 Å². The Morgan fingerprint density at radius 2 is 0.745 bits per heavy atom. The molecule has 320 valence electrons. The van der Waals surface area contributed by atoms with Crippen molar-refractivity contribution in [2.45, 2.75) is 81.6 Å². The Morgan fingerprint density at radius 3 is 0.980 bits per heavy atom. The summed E-state index contributed by atoms with van der Waals surface area (Å²) in [6, 6.07) is 0. The first kappa shape index (κ1) is 64.7. The first-order valence-electron chi connectivity index (χ1n) is 12.2. The van der Waals surface area contributed by atoms with Crippen molar-refractivity contribution >= 4 is 20.8 Å². The van der Waals surface area contributed by atoms with Gasteiger partial charge in [-0.2, -0.15) is 52.3 Å². The van der Waals surface area contributed by atoms with E-state index in [0.717, 1.165) is 13.8 Å². The number of hydrogen-bond acceptors (Lipinski definition) is 11. The molecule has 0 aliphatic rings. The molecule has 0 aromatic rings. The molecule has 2 atom stereocenters. The average molecular weight is 832 g/mol. The minimum Gasteiger partial charge on any atom is -0.726 e. The summed E-state index contributed by atoms with van der Waals surface area (Å²) in [7, 11) is -10.4. The van der Waals surface area contributed by atoms with Crippen LogP contribution < -0.4 is 12.3 Å². The number of hydrogen-bond donors (Lipinski definition) is 3. The van der Waals surface area contributed by atoms with Gasteiger partial charge in [-0.1, -0.05) is 57.4 Å².